The molecule has 1 saturated heterocycles. The van der Waals surface area contributed by atoms with Gasteiger partial charge in [0.25, 0.3) is 0 Å². The first-order chi connectivity index (χ1) is 15.7. The van der Waals surface area contributed by atoms with Gasteiger partial charge < -0.3 is 14.0 Å². The van der Waals surface area contributed by atoms with E-state index < -0.39 is 5.97 Å². The minimum Gasteiger partial charge on any atom is -0.465 e. The number of anilines is 1. The number of aromatic nitrogens is 1. The lowest BCUT2D eigenvalue weighted by Gasteiger charge is -2.23. The minimum atomic E-state index is -0.396. The molecule has 1 atom stereocenters. The Labute approximate surface area is 185 Å². The number of methoxy groups -OCH3 is 1. The molecule has 1 aliphatic heterocycles. The number of ether oxygens (including phenoxy) is 2. The molecule has 160 valence electrons. The van der Waals surface area contributed by atoms with Gasteiger partial charge in [-0.3, -0.25) is 4.90 Å². The largest absolute Gasteiger partial charge is 0.465 e. The summed E-state index contributed by atoms with van der Waals surface area (Å²) in [6.45, 7) is 0.853. The van der Waals surface area contributed by atoms with E-state index in [-0.39, 0.29) is 18.7 Å². The Bertz CT molecular complexity index is 1280. The maximum Gasteiger partial charge on any atom is 0.416 e. The number of cyclic esters (lactones) is 1. The number of esters is 1. The van der Waals surface area contributed by atoms with Gasteiger partial charge in [0.15, 0.2) is 0 Å². The van der Waals surface area contributed by atoms with Crippen molar-refractivity contribution >= 4 is 28.8 Å². The molecule has 2 heterocycles. The Balaban J connectivity index is 1.67. The fourth-order valence-electron chi connectivity index (χ4n) is 4.23. The van der Waals surface area contributed by atoms with Crippen LogP contribution in [-0.4, -0.2) is 30.3 Å². The van der Waals surface area contributed by atoms with E-state index in [4.69, 9.17) is 9.47 Å². The summed E-state index contributed by atoms with van der Waals surface area (Å²) in [6.07, 6.45) is -0.385. The summed E-state index contributed by atoms with van der Waals surface area (Å²) in [6, 6.07) is 27.1. The molecule has 0 N–H and O–H groups in total. The van der Waals surface area contributed by atoms with Crippen LogP contribution in [0.3, 0.4) is 0 Å². The molecule has 32 heavy (non-hydrogen) atoms. The summed E-state index contributed by atoms with van der Waals surface area (Å²) in [5.41, 5.74) is 3.49. The van der Waals surface area contributed by atoms with E-state index >= 15 is 0 Å². The first kappa shape index (κ1) is 19.9. The highest BCUT2D eigenvalue weighted by Crippen LogP contribution is 2.37. The second-order valence-corrected chi connectivity index (χ2v) is 7.71. The molecule has 5 rings (SSSR count). The van der Waals surface area contributed by atoms with Crippen molar-refractivity contribution in [3.8, 4) is 0 Å². The molecule has 3 aromatic carbocycles. The average Bonchev–Trinajstić information content (AvgIpc) is 3.39. The average molecular weight is 426 g/mol. The lowest BCUT2D eigenvalue weighted by Crippen LogP contribution is -2.29. The maximum atomic E-state index is 12.9. The van der Waals surface area contributed by atoms with Crippen molar-refractivity contribution in [1.29, 1.82) is 0 Å². The van der Waals surface area contributed by atoms with Crippen LogP contribution in [0.5, 0.6) is 0 Å². The number of rotatable bonds is 5. The molecule has 0 radical (unpaired) electrons. The summed E-state index contributed by atoms with van der Waals surface area (Å²) in [4.78, 5) is 26.7. The zero-order valence-corrected chi connectivity index (χ0v) is 17.6. The van der Waals surface area contributed by atoms with Gasteiger partial charge in [-0.05, 0) is 35.4 Å². The van der Waals surface area contributed by atoms with E-state index in [9.17, 15) is 9.59 Å². The lowest BCUT2D eigenvalue weighted by molar-refractivity contribution is 0.0601. The third kappa shape index (κ3) is 3.50. The molecule has 0 aliphatic carbocycles. The van der Waals surface area contributed by atoms with Crippen LogP contribution >= 0.6 is 0 Å². The van der Waals surface area contributed by atoms with Gasteiger partial charge >= 0.3 is 12.1 Å². The Morgan fingerprint density at radius 1 is 1.00 bits per heavy atom. The fraction of sp³-hybridized carbons (Fsp3) is 0.154. The highest BCUT2D eigenvalue weighted by atomic mass is 16.6. The van der Waals surface area contributed by atoms with Gasteiger partial charge in [-0.2, -0.15) is 0 Å². The predicted octanol–water partition coefficient (Wildman–Crippen LogP) is 5.17. The second kappa shape index (κ2) is 8.23. The number of carbonyl (C=O) groups excluding carboxylic acids is 2. The molecule has 0 saturated carbocycles. The smallest absolute Gasteiger partial charge is 0.416 e. The zero-order valence-electron chi connectivity index (χ0n) is 17.6. The van der Waals surface area contributed by atoms with Crippen LogP contribution in [0.15, 0.2) is 84.9 Å². The first-order valence-electron chi connectivity index (χ1n) is 10.4. The Kier molecular flexibility index (Phi) is 5.11. The SMILES string of the molecule is COC(=O)c1ccc2c(c1)cc(N1C(=O)OC[C@@H]1c1ccccc1)n2Cc1ccccc1. The molecule has 1 amide bonds. The maximum absolute atomic E-state index is 12.9. The monoisotopic (exact) mass is 426 g/mol. The minimum absolute atomic E-state index is 0.234. The molecule has 6 heteroatoms. The Hall–Kier alpha value is -4.06. The van der Waals surface area contributed by atoms with Crippen molar-refractivity contribution in [2.75, 3.05) is 18.6 Å². The van der Waals surface area contributed by atoms with Gasteiger partial charge in [-0.15, -0.1) is 0 Å². The summed E-state index contributed by atoms with van der Waals surface area (Å²) < 4.78 is 12.4. The standard InChI is InChI=1S/C26H22N2O4/c1-31-25(29)20-12-13-22-21(14-20)15-24(27(22)16-18-8-4-2-5-9-18)28-23(17-32-26(28)30)19-10-6-3-7-11-19/h2-15,23H,16-17H2,1H3/t23-/m1/s1. The van der Waals surface area contributed by atoms with Crippen molar-refractivity contribution in [3.63, 3.8) is 0 Å². The van der Waals surface area contributed by atoms with E-state index in [0.29, 0.717) is 12.1 Å². The summed E-state index contributed by atoms with van der Waals surface area (Å²) in [5.74, 6) is 0.328. The number of fused-ring (bicyclic) bond motifs is 1. The van der Waals surface area contributed by atoms with Crippen molar-refractivity contribution in [2.45, 2.75) is 12.6 Å². The van der Waals surface area contributed by atoms with Gasteiger partial charge in [-0.1, -0.05) is 60.7 Å². The topological polar surface area (TPSA) is 60.8 Å². The van der Waals surface area contributed by atoms with Gasteiger partial charge in [0, 0.05) is 11.9 Å². The predicted molar refractivity (Wildman–Crippen MR) is 122 cm³/mol. The highest BCUT2D eigenvalue weighted by molar-refractivity contribution is 5.98. The summed E-state index contributed by atoms with van der Waals surface area (Å²) in [7, 11) is 1.36. The number of hydrogen-bond acceptors (Lipinski definition) is 4. The Morgan fingerprint density at radius 3 is 2.44 bits per heavy atom. The normalized spacial score (nSPS) is 15.7. The molecule has 1 aliphatic rings. The van der Waals surface area contributed by atoms with E-state index in [2.05, 4.69) is 16.7 Å². The van der Waals surface area contributed by atoms with E-state index in [1.807, 2.05) is 60.7 Å². The molecular weight excluding hydrogens is 404 g/mol. The quantitative estimate of drug-likeness (QED) is 0.413. The van der Waals surface area contributed by atoms with Crippen molar-refractivity contribution in [3.05, 3.63) is 102 Å². The van der Waals surface area contributed by atoms with Crippen LogP contribution < -0.4 is 4.90 Å². The molecule has 0 bridgehead atoms. The van der Waals surface area contributed by atoms with E-state index in [1.54, 1.807) is 17.0 Å². The van der Waals surface area contributed by atoms with Crippen LogP contribution in [0, 0.1) is 0 Å². The van der Waals surface area contributed by atoms with Gasteiger partial charge in [0.05, 0.1) is 18.2 Å². The van der Waals surface area contributed by atoms with Crippen molar-refractivity contribution in [1.82, 2.24) is 4.57 Å². The molecule has 6 nitrogen and oxygen atoms in total. The second-order valence-electron chi connectivity index (χ2n) is 7.71. The van der Waals surface area contributed by atoms with E-state index in [1.165, 1.54) is 7.11 Å². The fourth-order valence-corrected chi connectivity index (χ4v) is 4.23. The molecular formula is C26H22N2O4. The van der Waals surface area contributed by atoms with Crippen LogP contribution in [0.4, 0.5) is 10.6 Å². The number of carbonyl (C=O) groups is 2. The number of benzene rings is 3. The molecule has 0 unspecified atom stereocenters. The Morgan fingerprint density at radius 2 is 1.72 bits per heavy atom. The van der Waals surface area contributed by atoms with Crippen LogP contribution in [0.2, 0.25) is 0 Å². The van der Waals surface area contributed by atoms with Crippen molar-refractivity contribution in [2.24, 2.45) is 0 Å². The van der Waals surface area contributed by atoms with Crippen LogP contribution in [-0.2, 0) is 16.0 Å². The number of nitrogens with zero attached hydrogens (tertiary/aromatic N) is 2. The number of amides is 1. The summed E-state index contributed by atoms with van der Waals surface area (Å²) in [5, 5.41) is 0.852. The van der Waals surface area contributed by atoms with E-state index in [0.717, 1.165) is 27.8 Å². The van der Waals surface area contributed by atoms with Gasteiger partial charge in [-0.25, -0.2) is 9.59 Å². The highest BCUT2D eigenvalue weighted by Gasteiger charge is 2.37. The molecule has 1 fully saturated rings. The number of hydrogen-bond donors (Lipinski definition) is 0. The molecule has 0 spiro atoms. The van der Waals surface area contributed by atoms with Gasteiger partial charge in [0.2, 0.25) is 0 Å². The van der Waals surface area contributed by atoms with Crippen LogP contribution in [0.1, 0.15) is 27.5 Å². The summed E-state index contributed by atoms with van der Waals surface area (Å²) >= 11 is 0. The molecule has 1 aromatic heterocycles. The third-order valence-electron chi connectivity index (χ3n) is 5.79. The van der Waals surface area contributed by atoms with Crippen molar-refractivity contribution < 1.29 is 19.1 Å². The third-order valence-corrected chi connectivity index (χ3v) is 5.79. The first-order valence-corrected chi connectivity index (χ1v) is 10.4. The van der Waals surface area contributed by atoms with Gasteiger partial charge in [0.1, 0.15) is 18.5 Å². The van der Waals surface area contributed by atoms with Crippen LogP contribution in [0.25, 0.3) is 10.9 Å². The molecule has 4 aromatic rings. The zero-order chi connectivity index (χ0) is 22.1. The lowest BCUT2D eigenvalue weighted by atomic mass is 10.1.